The van der Waals surface area contributed by atoms with Crippen LogP contribution in [0.3, 0.4) is 0 Å². The molecule has 1 N–H and O–H groups in total. The number of fused-ring (bicyclic) bond motifs is 2. The van der Waals surface area contributed by atoms with Gasteiger partial charge in [0.15, 0.2) is 0 Å². The van der Waals surface area contributed by atoms with Gasteiger partial charge in [0.2, 0.25) is 0 Å². The molecule has 240 valence electrons. The highest BCUT2D eigenvalue weighted by molar-refractivity contribution is 5.99. The Morgan fingerprint density at radius 1 is 0.625 bits per heavy atom. The fourth-order valence-corrected chi connectivity index (χ4v) is 6.58. The lowest BCUT2D eigenvalue weighted by atomic mass is 9.86. The Labute approximate surface area is 283 Å². The van der Waals surface area contributed by atoms with E-state index in [0.29, 0.717) is 11.4 Å². The number of hydrogen-bond acceptors (Lipinski definition) is 4. The lowest BCUT2D eigenvalue weighted by Crippen LogP contribution is -2.11. The molecule has 5 nitrogen and oxygen atoms in total. The number of phenolic OH excluding ortho intramolecular Hbond substituents is 1. The zero-order valence-electron chi connectivity index (χ0n) is 29.1. The lowest BCUT2D eigenvalue weighted by Gasteiger charge is -2.21. The monoisotopic (exact) mass is 630 g/mol. The minimum atomic E-state index is -0.101. The molecule has 0 saturated heterocycles. The molecule has 0 bridgehead atoms. The van der Waals surface area contributed by atoms with E-state index in [0.717, 1.165) is 61.0 Å². The first-order valence-electron chi connectivity index (χ1n) is 16.6. The van der Waals surface area contributed by atoms with Gasteiger partial charge in [0.05, 0.1) is 22.1 Å². The zero-order valence-corrected chi connectivity index (χ0v) is 29.1. The summed E-state index contributed by atoms with van der Waals surface area (Å²) in [7, 11) is 0. The maximum atomic E-state index is 11.4. The molecule has 5 heteroatoms. The van der Waals surface area contributed by atoms with Crippen LogP contribution >= 0.6 is 0 Å². The van der Waals surface area contributed by atoms with Crippen LogP contribution in [0.5, 0.6) is 5.75 Å². The molecule has 0 spiro atoms. The number of aromatic nitrogens is 4. The summed E-state index contributed by atoms with van der Waals surface area (Å²) in [6, 6.07) is 29.4. The normalized spacial score (nSPS) is 12.2. The van der Waals surface area contributed by atoms with Crippen LogP contribution in [0, 0.1) is 13.8 Å². The third-order valence-corrected chi connectivity index (χ3v) is 9.45. The predicted octanol–water partition coefficient (Wildman–Crippen LogP) is 10.9. The molecule has 0 aliphatic carbocycles. The minimum absolute atomic E-state index is 0.0249. The van der Waals surface area contributed by atoms with Crippen LogP contribution in [0.25, 0.3) is 61.3 Å². The topological polar surface area (TPSA) is 63.8 Å². The van der Waals surface area contributed by atoms with Gasteiger partial charge in [0.25, 0.3) is 0 Å². The van der Waals surface area contributed by atoms with E-state index in [4.69, 9.17) is 15.0 Å². The van der Waals surface area contributed by atoms with Crippen molar-refractivity contribution in [3.05, 3.63) is 126 Å². The number of hydrogen-bond donors (Lipinski definition) is 1. The lowest BCUT2D eigenvalue weighted by molar-refractivity contribution is 0.475. The molecule has 7 rings (SSSR count). The first-order chi connectivity index (χ1) is 22.8. The molecule has 3 heterocycles. The van der Waals surface area contributed by atoms with Crippen molar-refractivity contribution in [2.45, 2.75) is 66.2 Å². The van der Waals surface area contributed by atoms with Gasteiger partial charge in [-0.1, -0.05) is 90.1 Å². The molecule has 0 aliphatic rings. The SMILES string of the molecule is Cc1ccnc2c(-c3cncc(-c4ccc(C)c5c4nc(-c4cc(C(C)(C)C)ccc4O)n5-c4ccc(C(C)(C)C)cc4)c3)cccc12. The average molecular weight is 631 g/mol. The van der Waals surface area contributed by atoms with Gasteiger partial charge in [-0.05, 0) is 83.3 Å². The Morgan fingerprint density at radius 2 is 1.29 bits per heavy atom. The van der Waals surface area contributed by atoms with Crippen molar-refractivity contribution in [3.63, 3.8) is 0 Å². The van der Waals surface area contributed by atoms with Crippen molar-refractivity contribution in [3.8, 4) is 45.1 Å². The molecule has 0 radical (unpaired) electrons. The molecule has 0 atom stereocenters. The van der Waals surface area contributed by atoms with Gasteiger partial charge in [0.1, 0.15) is 11.6 Å². The van der Waals surface area contributed by atoms with E-state index in [1.165, 1.54) is 11.1 Å². The number of rotatable bonds is 4. The van der Waals surface area contributed by atoms with Gasteiger partial charge < -0.3 is 5.11 Å². The van der Waals surface area contributed by atoms with E-state index in [9.17, 15) is 5.11 Å². The molecule has 0 fully saturated rings. The third-order valence-electron chi connectivity index (χ3n) is 9.45. The van der Waals surface area contributed by atoms with Crippen LogP contribution in [0.15, 0.2) is 104 Å². The minimum Gasteiger partial charge on any atom is -0.507 e. The van der Waals surface area contributed by atoms with Crippen LogP contribution in [-0.4, -0.2) is 24.6 Å². The number of aryl methyl sites for hydroxylation is 2. The first-order valence-corrected chi connectivity index (χ1v) is 16.6. The second-order valence-corrected chi connectivity index (χ2v) is 15.0. The maximum absolute atomic E-state index is 11.4. The van der Waals surface area contributed by atoms with E-state index in [-0.39, 0.29) is 16.6 Å². The Morgan fingerprint density at radius 3 is 1.98 bits per heavy atom. The van der Waals surface area contributed by atoms with Crippen molar-refractivity contribution in [1.29, 1.82) is 0 Å². The number of benzene rings is 4. The summed E-state index contributed by atoms with van der Waals surface area (Å²) in [5.74, 6) is 0.901. The second-order valence-electron chi connectivity index (χ2n) is 15.0. The molecular formula is C43H42N4O. The van der Waals surface area contributed by atoms with Crippen LogP contribution in [0.1, 0.15) is 63.8 Å². The smallest absolute Gasteiger partial charge is 0.149 e. The number of phenols is 1. The quantitative estimate of drug-likeness (QED) is 0.210. The Kier molecular flexibility index (Phi) is 7.47. The Bertz CT molecular complexity index is 2330. The van der Waals surface area contributed by atoms with Crippen LogP contribution in [-0.2, 0) is 10.8 Å². The summed E-state index contributed by atoms with van der Waals surface area (Å²) in [6.07, 6.45) is 5.69. The number of aromatic hydroxyl groups is 1. The second kappa shape index (κ2) is 11.4. The van der Waals surface area contributed by atoms with E-state index >= 15 is 0 Å². The standard InChI is InChI=1S/C43H42N4O/c1-26-20-21-45-38-33(26)10-9-11-34(38)28-22-29(25-44-24-28)35-18-12-27(2)40-39(35)46-41(36-23-31(43(6,7)8)15-19-37(36)48)47(40)32-16-13-30(14-17-32)42(3,4)5/h9-25,48H,1-8H3. The van der Waals surface area contributed by atoms with Crippen molar-refractivity contribution < 1.29 is 5.11 Å². The van der Waals surface area contributed by atoms with Crippen LogP contribution in [0.2, 0.25) is 0 Å². The predicted molar refractivity (Wildman–Crippen MR) is 199 cm³/mol. The van der Waals surface area contributed by atoms with Crippen molar-refractivity contribution in [2.75, 3.05) is 0 Å². The Balaban J connectivity index is 1.49. The van der Waals surface area contributed by atoms with E-state index < -0.39 is 0 Å². The van der Waals surface area contributed by atoms with Crippen molar-refractivity contribution in [1.82, 2.24) is 19.5 Å². The summed E-state index contributed by atoms with van der Waals surface area (Å²) in [5.41, 5.74) is 13.1. The molecular weight excluding hydrogens is 589 g/mol. The zero-order chi connectivity index (χ0) is 34.0. The number of pyridine rings is 2. The van der Waals surface area contributed by atoms with Gasteiger partial charge in [-0.3, -0.25) is 14.5 Å². The van der Waals surface area contributed by atoms with Crippen molar-refractivity contribution in [2.24, 2.45) is 0 Å². The highest BCUT2D eigenvalue weighted by Gasteiger charge is 2.24. The van der Waals surface area contributed by atoms with E-state index in [2.05, 4.69) is 127 Å². The van der Waals surface area contributed by atoms with Crippen LogP contribution < -0.4 is 0 Å². The van der Waals surface area contributed by atoms with Gasteiger partial charge in [-0.25, -0.2) is 4.98 Å². The fraction of sp³-hybridized carbons (Fsp3) is 0.233. The van der Waals surface area contributed by atoms with E-state index in [1.807, 2.05) is 30.7 Å². The van der Waals surface area contributed by atoms with Gasteiger partial charge in [-0.15, -0.1) is 0 Å². The molecule has 0 amide bonds. The molecule has 48 heavy (non-hydrogen) atoms. The Hall–Kier alpha value is -5.29. The summed E-state index contributed by atoms with van der Waals surface area (Å²) >= 11 is 0. The highest BCUT2D eigenvalue weighted by atomic mass is 16.3. The number of imidazole rings is 1. The summed E-state index contributed by atoms with van der Waals surface area (Å²) in [5, 5.41) is 12.5. The number of para-hydroxylation sites is 1. The van der Waals surface area contributed by atoms with Crippen LogP contribution in [0.4, 0.5) is 0 Å². The molecule has 3 aromatic heterocycles. The highest BCUT2D eigenvalue weighted by Crippen LogP contribution is 2.41. The summed E-state index contributed by atoms with van der Waals surface area (Å²) in [4.78, 5) is 14.9. The molecule has 0 unspecified atom stereocenters. The van der Waals surface area contributed by atoms with Crippen molar-refractivity contribution >= 4 is 21.9 Å². The summed E-state index contributed by atoms with van der Waals surface area (Å²) < 4.78 is 2.21. The summed E-state index contributed by atoms with van der Waals surface area (Å²) in [6.45, 7) is 17.5. The molecule has 0 aliphatic heterocycles. The molecule has 7 aromatic rings. The van der Waals surface area contributed by atoms with E-state index in [1.54, 1.807) is 6.07 Å². The molecule has 0 saturated carbocycles. The maximum Gasteiger partial charge on any atom is 0.149 e. The fourth-order valence-electron chi connectivity index (χ4n) is 6.58. The molecule has 4 aromatic carbocycles. The largest absolute Gasteiger partial charge is 0.507 e. The average Bonchev–Trinajstić information content (AvgIpc) is 3.45. The third kappa shape index (κ3) is 5.43. The van der Waals surface area contributed by atoms with Gasteiger partial charge in [-0.2, -0.15) is 0 Å². The van der Waals surface area contributed by atoms with Gasteiger partial charge >= 0.3 is 0 Å². The first kappa shape index (κ1) is 31.3. The van der Waals surface area contributed by atoms with Gasteiger partial charge in [0, 0.05) is 51.9 Å². The number of nitrogens with zero attached hydrogens (tertiary/aromatic N) is 4.